The second-order valence-corrected chi connectivity index (χ2v) is 1.92. The lowest BCUT2D eigenvalue weighted by Gasteiger charge is -1.99. The summed E-state index contributed by atoms with van der Waals surface area (Å²) in [7, 11) is 0. The van der Waals surface area contributed by atoms with E-state index in [4.69, 9.17) is 0 Å². The van der Waals surface area contributed by atoms with E-state index in [2.05, 4.69) is 20.4 Å². The summed E-state index contributed by atoms with van der Waals surface area (Å²) >= 11 is 0. The monoisotopic (exact) mass is 97.1 g/mol. The molecule has 0 saturated carbocycles. The van der Waals surface area contributed by atoms with E-state index in [-0.39, 0.29) is 0 Å². The Bertz CT molecular complexity index is 46.0. The Morgan fingerprint density at radius 2 is 2.29 bits per heavy atom. The molecule has 0 heterocycles. The second-order valence-electron chi connectivity index (χ2n) is 1.92. The normalized spacial score (nSPS) is 13.4. The molecule has 0 aromatic carbocycles. The van der Waals surface area contributed by atoms with Crippen molar-refractivity contribution in [3.8, 4) is 0 Å². The first kappa shape index (κ1) is 6.74. The molecule has 1 radical (unpaired) electrons. The van der Waals surface area contributed by atoms with Gasteiger partial charge in [0.05, 0.1) is 0 Å². The minimum atomic E-state index is 0.720. The predicted octanol–water partition coefficient (Wildman–Crippen LogP) is 2.42. The molecule has 0 nitrogen and oxygen atoms in total. The lowest BCUT2D eigenvalue weighted by atomic mass is 10.1. The highest BCUT2D eigenvalue weighted by atomic mass is 14.0. The Labute approximate surface area is 46.2 Å². The fourth-order valence-electron chi connectivity index (χ4n) is 0.402. The maximum atomic E-state index is 3.76. The van der Waals surface area contributed by atoms with Crippen LogP contribution >= 0.6 is 0 Å². The fraction of sp³-hybridized carbons (Fsp3) is 0.571. The topological polar surface area (TPSA) is 0 Å². The minimum absolute atomic E-state index is 0.720. The van der Waals surface area contributed by atoms with Gasteiger partial charge in [-0.25, -0.2) is 0 Å². The molecule has 1 unspecified atom stereocenters. The van der Waals surface area contributed by atoms with Gasteiger partial charge in [-0.3, -0.25) is 0 Å². The van der Waals surface area contributed by atoms with E-state index < -0.39 is 0 Å². The number of allylic oxidation sites excluding steroid dienone is 1. The van der Waals surface area contributed by atoms with Gasteiger partial charge in [-0.2, -0.15) is 0 Å². The van der Waals surface area contributed by atoms with Crippen molar-refractivity contribution in [1.82, 2.24) is 0 Å². The van der Waals surface area contributed by atoms with E-state index in [0.717, 1.165) is 18.8 Å². The Hall–Kier alpha value is -0.260. The first-order chi connectivity index (χ1) is 3.31. The predicted molar refractivity (Wildman–Crippen MR) is 34.0 cm³/mol. The highest BCUT2D eigenvalue weighted by Crippen LogP contribution is 2.04. The molecule has 0 saturated heterocycles. The molecule has 0 amide bonds. The van der Waals surface area contributed by atoms with Gasteiger partial charge in [0, 0.05) is 0 Å². The molecule has 0 heteroatoms. The number of hydrogen-bond acceptors (Lipinski definition) is 0. The van der Waals surface area contributed by atoms with Gasteiger partial charge in [0.25, 0.3) is 0 Å². The van der Waals surface area contributed by atoms with Crippen LogP contribution in [0.25, 0.3) is 0 Å². The molecule has 0 aliphatic carbocycles. The molecule has 7 heavy (non-hydrogen) atoms. The molecular formula is C7H13. The van der Waals surface area contributed by atoms with Crippen molar-refractivity contribution < 1.29 is 0 Å². The zero-order valence-electron chi connectivity index (χ0n) is 4.98. The molecular weight excluding hydrogens is 84.1 g/mol. The van der Waals surface area contributed by atoms with Crippen LogP contribution in [0.4, 0.5) is 0 Å². The second kappa shape index (κ2) is 3.91. The van der Waals surface area contributed by atoms with Crippen molar-refractivity contribution >= 4 is 0 Å². The van der Waals surface area contributed by atoms with E-state index in [9.17, 15) is 0 Å². The molecule has 0 bridgehead atoms. The number of rotatable bonds is 3. The molecule has 0 fully saturated rings. The van der Waals surface area contributed by atoms with Gasteiger partial charge in [0.15, 0.2) is 0 Å². The van der Waals surface area contributed by atoms with Crippen molar-refractivity contribution in [2.45, 2.75) is 19.8 Å². The maximum Gasteiger partial charge on any atom is -0.0328 e. The molecule has 0 aromatic heterocycles. The molecule has 41 valence electrons. The third-order valence-electron chi connectivity index (χ3n) is 1.06. The maximum absolute atomic E-state index is 3.76. The van der Waals surface area contributed by atoms with Crippen LogP contribution in [0.2, 0.25) is 0 Å². The lowest BCUT2D eigenvalue weighted by molar-refractivity contribution is 0.602. The van der Waals surface area contributed by atoms with Crippen LogP contribution in [-0.4, -0.2) is 0 Å². The standard InChI is InChI=1S/C7H13/c1-4-6-7(3)5-2/h4,7H,1-2,5-6H2,3H3. The third kappa shape index (κ3) is 3.57. The molecule has 0 N–H and O–H groups in total. The van der Waals surface area contributed by atoms with E-state index in [1.807, 2.05) is 6.08 Å². The molecule has 0 aliphatic heterocycles. The first-order valence-electron chi connectivity index (χ1n) is 2.71. The largest absolute Gasteiger partial charge is 0.103 e. The summed E-state index contributed by atoms with van der Waals surface area (Å²) < 4.78 is 0. The quantitative estimate of drug-likeness (QED) is 0.474. The van der Waals surface area contributed by atoms with Crippen LogP contribution in [0.5, 0.6) is 0 Å². The summed E-state index contributed by atoms with van der Waals surface area (Å²) in [6, 6.07) is 0. The van der Waals surface area contributed by atoms with Gasteiger partial charge in [0.1, 0.15) is 0 Å². The van der Waals surface area contributed by atoms with Gasteiger partial charge in [0.2, 0.25) is 0 Å². The van der Waals surface area contributed by atoms with Crippen LogP contribution in [0, 0.1) is 12.8 Å². The zero-order valence-corrected chi connectivity index (χ0v) is 4.98. The number of hydrogen-bond donors (Lipinski definition) is 0. The van der Waals surface area contributed by atoms with Gasteiger partial charge < -0.3 is 0 Å². The van der Waals surface area contributed by atoms with E-state index >= 15 is 0 Å². The van der Waals surface area contributed by atoms with Gasteiger partial charge in [-0.05, 0) is 12.3 Å². The summed E-state index contributed by atoms with van der Waals surface area (Å²) in [5, 5.41) is 0. The Morgan fingerprint density at radius 1 is 1.71 bits per heavy atom. The summed E-state index contributed by atoms with van der Waals surface area (Å²) in [5.41, 5.74) is 0. The van der Waals surface area contributed by atoms with Crippen LogP contribution in [-0.2, 0) is 0 Å². The molecule has 1 atom stereocenters. The zero-order chi connectivity index (χ0) is 5.70. The molecule has 0 spiro atoms. The average molecular weight is 97.2 g/mol. The Morgan fingerprint density at radius 3 is 2.43 bits per heavy atom. The first-order valence-corrected chi connectivity index (χ1v) is 2.71. The average Bonchev–Trinajstić information content (AvgIpc) is 1.68. The van der Waals surface area contributed by atoms with Gasteiger partial charge >= 0.3 is 0 Å². The van der Waals surface area contributed by atoms with Crippen LogP contribution < -0.4 is 0 Å². The molecule has 0 rings (SSSR count). The Balaban J connectivity index is 2.98. The highest BCUT2D eigenvalue weighted by molar-refractivity contribution is 4.70. The van der Waals surface area contributed by atoms with Crippen LogP contribution in [0.1, 0.15) is 19.8 Å². The summed E-state index contributed by atoms with van der Waals surface area (Å²) in [6.07, 6.45) is 4.06. The third-order valence-corrected chi connectivity index (χ3v) is 1.06. The molecule has 0 aliphatic rings. The van der Waals surface area contributed by atoms with Crippen molar-refractivity contribution in [3.05, 3.63) is 19.6 Å². The van der Waals surface area contributed by atoms with Crippen molar-refractivity contribution in [1.29, 1.82) is 0 Å². The van der Waals surface area contributed by atoms with Crippen molar-refractivity contribution in [3.63, 3.8) is 0 Å². The van der Waals surface area contributed by atoms with E-state index in [1.165, 1.54) is 0 Å². The highest BCUT2D eigenvalue weighted by Gasteiger charge is 1.90. The Kier molecular flexibility index (Phi) is 3.77. The van der Waals surface area contributed by atoms with Crippen LogP contribution in [0.3, 0.4) is 0 Å². The van der Waals surface area contributed by atoms with Gasteiger partial charge in [-0.1, -0.05) is 26.3 Å². The smallest absolute Gasteiger partial charge is 0.0328 e. The SMILES string of the molecule is [CH2]CC(C)CC=C. The van der Waals surface area contributed by atoms with Crippen LogP contribution in [0.15, 0.2) is 12.7 Å². The van der Waals surface area contributed by atoms with Crippen molar-refractivity contribution in [2.24, 2.45) is 5.92 Å². The minimum Gasteiger partial charge on any atom is -0.103 e. The summed E-state index contributed by atoms with van der Waals surface area (Å²) in [6.45, 7) is 9.55. The summed E-state index contributed by atoms with van der Waals surface area (Å²) in [5.74, 6) is 0.720. The molecule has 0 aromatic rings. The van der Waals surface area contributed by atoms with E-state index in [1.54, 1.807) is 0 Å². The fourth-order valence-corrected chi connectivity index (χ4v) is 0.402. The summed E-state index contributed by atoms with van der Waals surface area (Å²) in [4.78, 5) is 0. The lowest BCUT2D eigenvalue weighted by Crippen LogP contribution is -1.86. The van der Waals surface area contributed by atoms with Crippen molar-refractivity contribution in [2.75, 3.05) is 0 Å². The van der Waals surface area contributed by atoms with E-state index in [0.29, 0.717) is 0 Å². The van der Waals surface area contributed by atoms with Gasteiger partial charge in [-0.15, -0.1) is 6.58 Å².